The fraction of sp³-hybridized carbons (Fsp3) is 0.857. The van der Waals surface area contributed by atoms with Gasteiger partial charge in [-0.15, -0.1) is 0 Å². The van der Waals surface area contributed by atoms with E-state index in [1.165, 1.54) is 0 Å². The quantitative estimate of drug-likeness (QED) is 0.825. The van der Waals surface area contributed by atoms with Crippen molar-refractivity contribution in [1.29, 1.82) is 0 Å². The lowest BCUT2D eigenvalue weighted by molar-refractivity contribution is -0.141. The molecule has 5 unspecified atom stereocenters. The summed E-state index contributed by atoms with van der Waals surface area (Å²) in [7, 11) is 0. The van der Waals surface area contributed by atoms with Crippen LogP contribution in [0.5, 0.6) is 0 Å². The molecule has 0 saturated carbocycles. The summed E-state index contributed by atoms with van der Waals surface area (Å²) in [6.45, 7) is 10.4. The maximum atomic E-state index is 12.3. The van der Waals surface area contributed by atoms with E-state index in [9.17, 15) is 9.59 Å². The lowest BCUT2D eigenvalue weighted by Gasteiger charge is -2.41. The summed E-state index contributed by atoms with van der Waals surface area (Å²) in [4.78, 5) is 25.0. The van der Waals surface area contributed by atoms with Gasteiger partial charge in [0.25, 0.3) is 0 Å². The minimum Gasteiger partial charge on any atom is -0.481 e. The van der Waals surface area contributed by atoms with Gasteiger partial charge in [0.15, 0.2) is 0 Å². The number of nitrogens with zero attached hydrogens (tertiary/aromatic N) is 1. The Morgan fingerprint density at radius 3 is 2.37 bits per heavy atom. The van der Waals surface area contributed by atoms with Gasteiger partial charge in [-0.3, -0.25) is 4.79 Å². The monoisotopic (exact) mass is 270 g/mol. The third kappa shape index (κ3) is 3.85. The number of nitrogens with one attached hydrogen (secondary N) is 1. The molecule has 110 valence electrons. The van der Waals surface area contributed by atoms with Gasteiger partial charge in [0.05, 0.1) is 5.92 Å². The highest BCUT2D eigenvalue weighted by Crippen LogP contribution is 2.26. The summed E-state index contributed by atoms with van der Waals surface area (Å²) >= 11 is 0. The first-order valence-electron chi connectivity index (χ1n) is 7.04. The van der Waals surface area contributed by atoms with Crippen LogP contribution in [0.1, 0.15) is 41.0 Å². The predicted molar refractivity (Wildman–Crippen MR) is 73.9 cm³/mol. The fourth-order valence-electron chi connectivity index (χ4n) is 2.60. The lowest BCUT2D eigenvalue weighted by atomic mass is 9.86. The molecule has 19 heavy (non-hydrogen) atoms. The Balaban J connectivity index is 2.64. The second-order valence-electron chi connectivity index (χ2n) is 6.08. The molecular formula is C14H26N2O3. The molecule has 2 amide bonds. The zero-order valence-electron chi connectivity index (χ0n) is 12.5. The van der Waals surface area contributed by atoms with Gasteiger partial charge >= 0.3 is 12.0 Å². The number of carbonyl (C=O) groups is 2. The van der Waals surface area contributed by atoms with Crippen molar-refractivity contribution in [2.45, 2.75) is 53.1 Å². The number of carboxylic acid groups (broad SMARTS) is 1. The third-order valence-corrected chi connectivity index (χ3v) is 4.35. The minimum absolute atomic E-state index is 0.147. The number of carboxylic acids is 1. The Morgan fingerprint density at radius 2 is 1.84 bits per heavy atom. The average Bonchev–Trinajstić information content (AvgIpc) is 2.32. The largest absolute Gasteiger partial charge is 0.481 e. The number of piperidine rings is 1. The second kappa shape index (κ2) is 6.26. The maximum Gasteiger partial charge on any atom is 0.317 e. The first-order valence-corrected chi connectivity index (χ1v) is 7.04. The average molecular weight is 270 g/mol. The number of hydrogen-bond donors (Lipinski definition) is 2. The SMILES string of the molecule is CC1CC(C)C(C)N(C(=O)NC(C)C(C)C(=O)O)C1. The van der Waals surface area contributed by atoms with Crippen molar-refractivity contribution in [3.05, 3.63) is 0 Å². The van der Waals surface area contributed by atoms with Gasteiger partial charge in [0, 0.05) is 18.6 Å². The Kier molecular flexibility index (Phi) is 5.20. The number of rotatable bonds is 3. The summed E-state index contributed by atoms with van der Waals surface area (Å²) in [6, 6.07) is -0.320. The molecule has 0 aliphatic carbocycles. The maximum absolute atomic E-state index is 12.3. The minimum atomic E-state index is -0.888. The molecule has 1 saturated heterocycles. The third-order valence-electron chi connectivity index (χ3n) is 4.35. The molecule has 1 heterocycles. The smallest absolute Gasteiger partial charge is 0.317 e. The number of amides is 2. The molecule has 0 aromatic carbocycles. The van der Waals surface area contributed by atoms with Crippen molar-refractivity contribution in [3.8, 4) is 0 Å². The fourth-order valence-corrected chi connectivity index (χ4v) is 2.60. The Morgan fingerprint density at radius 1 is 1.26 bits per heavy atom. The van der Waals surface area contributed by atoms with E-state index in [4.69, 9.17) is 5.11 Å². The van der Waals surface area contributed by atoms with Gasteiger partial charge in [-0.25, -0.2) is 4.79 Å². The van der Waals surface area contributed by atoms with Crippen LogP contribution in [0, 0.1) is 17.8 Å². The zero-order valence-corrected chi connectivity index (χ0v) is 12.5. The molecule has 1 fully saturated rings. The van der Waals surface area contributed by atoms with Crippen LogP contribution in [-0.2, 0) is 4.79 Å². The number of carbonyl (C=O) groups excluding carboxylic acids is 1. The molecule has 0 aromatic rings. The lowest BCUT2D eigenvalue weighted by Crippen LogP contribution is -2.55. The molecule has 5 nitrogen and oxygen atoms in total. The number of likely N-dealkylation sites (tertiary alicyclic amines) is 1. The Bertz CT molecular complexity index is 346. The summed E-state index contributed by atoms with van der Waals surface area (Å²) in [5, 5.41) is 11.8. The van der Waals surface area contributed by atoms with E-state index in [2.05, 4.69) is 26.1 Å². The molecule has 1 rings (SSSR count). The molecule has 5 atom stereocenters. The van der Waals surface area contributed by atoms with Crippen molar-refractivity contribution in [1.82, 2.24) is 10.2 Å². The number of hydrogen-bond acceptors (Lipinski definition) is 2. The van der Waals surface area contributed by atoms with Crippen LogP contribution in [0.4, 0.5) is 4.79 Å². The second-order valence-corrected chi connectivity index (χ2v) is 6.08. The van der Waals surface area contributed by atoms with Crippen LogP contribution in [0.15, 0.2) is 0 Å². The molecule has 0 bridgehead atoms. The normalized spacial score (nSPS) is 30.6. The van der Waals surface area contributed by atoms with Crippen LogP contribution in [-0.4, -0.2) is 40.6 Å². The molecule has 0 aromatic heterocycles. The van der Waals surface area contributed by atoms with E-state index in [-0.39, 0.29) is 18.1 Å². The summed E-state index contributed by atoms with van der Waals surface area (Å²) < 4.78 is 0. The van der Waals surface area contributed by atoms with Gasteiger partial charge in [-0.2, -0.15) is 0 Å². The van der Waals surface area contributed by atoms with Gasteiger partial charge in [0.2, 0.25) is 0 Å². The molecule has 2 N–H and O–H groups in total. The van der Waals surface area contributed by atoms with Gasteiger partial charge in [-0.05, 0) is 39.0 Å². The van der Waals surface area contributed by atoms with E-state index in [1.807, 2.05) is 4.90 Å². The van der Waals surface area contributed by atoms with Crippen molar-refractivity contribution >= 4 is 12.0 Å². The first kappa shape index (κ1) is 15.8. The topological polar surface area (TPSA) is 69.6 Å². The molecule has 1 aliphatic rings. The zero-order chi connectivity index (χ0) is 14.7. The van der Waals surface area contributed by atoms with E-state index in [1.54, 1.807) is 13.8 Å². The predicted octanol–water partition coefficient (Wildman–Crippen LogP) is 2.17. The highest BCUT2D eigenvalue weighted by Gasteiger charge is 2.33. The Hall–Kier alpha value is -1.26. The standard InChI is InChI=1S/C14H26N2O3/c1-8-6-9(2)12(5)16(7-8)14(19)15-11(4)10(3)13(17)18/h8-12H,6-7H2,1-5H3,(H,15,19)(H,17,18). The highest BCUT2D eigenvalue weighted by atomic mass is 16.4. The van der Waals surface area contributed by atoms with E-state index in [0.717, 1.165) is 13.0 Å². The molecule has 0 spiro atoms. The molecule has 5 heteroatoms. The van der Waals surface area contributed by atoms with Crippen LogP contribution >= 0.6 is 0 Å². The van der Waals surface area contributed by atoms with Gasteiger partial charge in [-0.1, -0.05) is 13.8 Å². The van der Waals surface area contributed by atoms with Crippen molar-refractivity contribution in [2.75, 3.05) is 6.54 Å². The Labute approximate surface area is 115 Å². The number of aliphatic carboxylic acids is 1. The highest BCUT2D eigenvalue weighted by molar-refractivity contribution is 5.77. The van der Waals surface area contributed by atoms with Gasteiger partial charge in [0.1, 0.15) is 0 Å². The van der Waals surface area contributed by atoms with Crippen LogP contribution < -0.4 is 5.32 Å². The van der Waals surface area contributed by atoms with E-state index >= 15 is 0 Å². The van der Waals surface area contributed by atoms with Crippen LogP contribution in [0.3, 0.4) is 0 Å². The summed E-state index contributed by atoms with van der Waals surface area (Å²) in [5.74, 6) is -0.508. The van der Waals surface area contributed by atoms with Crippen molar-refractivity contribution < 1.29 is 14.7 Å². The number of urea groups is 1. The first-order chi connectivity index (χ1) is 8.73. The van der Waals surface area contributed by atoms with E-state index in [0.29, 0.717) is 11.8 Å². The molecule has 1 aliphatic heterocycles. The van der Waals surface area contributed by atoms with Crippen LogP contribution in [0.2, 0.25) is 0 Å². The van der Waals surface area contributed by atoms with Crippen molar-refractivity contribution in [3.63, 3.8) is 0 Å². The molecule has 0 radical (unpaired) electrons. The molecular weight excluding hydrogens is 244 g/mol. The van der Waals surface area contributed by atoms with E-state index < -0.39 is 11.9 Å². The van der Waals surface area contributed by atoms with Gasteiger partial charge < -0.3 is 15.3 Å². The summed E-state index contributed by atoms with van der Waals surface area (Å²) in [5.41, 5.74) is 0. The summed E-state index contributed by atoms with van der Waals surface area (Å²) in [6.07, 6.45) is 1.13. The van der Waals surface area contributed by atoms with Crippen LogP contribution in [0.25, 0.3) is 0 Å². The van der Waals surface area contributed by atoms with Crippen molar-refractivity contribution in [2.24, 2.45) is 17.8 Å².